The molecule has 0 aromatic heterocycles. The summed E-state index contributed by atoms with van der Waals surface area (Å²) in [6.07, 6.45) is -0.309. The second-order valence-electron chi connectivity index (χ2n) is 7.12. The summed E-state index contributed by atoms with van der Waals surface area (Å²) >= 11 is 0. The SMILES string of the molecule is COc1ccc(CN=C(N)NC2CN(C(=O)OC(C)(C)C)C2)cc1OC. The fraction of sp³-hybridized carbons (Fsp3) is 0.556. The van der Waals surface area contributed by atoms with Gasteiger partial charge in [-0.25, -0.2) is 9.79 Å². The Kier molecular flexibility index (Phi) is 6.18. The molecule has 3 N–H and O–H groups in total. The van der Waals surface area contributed by atoms with Crippen LogP contribution >= 0.6 is 0 Å². The average Bonchev–Trinajstić information content (AvgIpc) is 2.53. The number of nitrogens with two attached hydrogens (primary N) is 1. The van der Waals surface area contributed by atoms with Gasteiger partial charge in [-0.1, -0.05) is 6.07 Å². The van der Waals surface area contributed by atoms with Gasteiger partial charge in [0.1, 0.15) is 5.60 Å². The van der Waals surface area contributed by atoms with Gasteiger partial charge in [0.25, 0.3) is 0 Å². The molecule has 8 heteroatoms. The molecule has 1 aliphatic rings. The predicted octanol–water partition coefficient (Wildman–Crippen LogP) is 1.73. The van der Waals surface area contributed by atoms with Crippen LogP contribution < -0.4 is 20.5 Å². The molecule has 1 amide bonds. The lowest BCUT2D eigenvalue weighted by Crippen LogP contribution is -2.62. The zero-order valence-electron chi connectivity index (χ0n) is 16.0. The molecule has 26 heavy (non-hydrogen) atoms. The third-order valence-electron chi connectivity index (χ3n) is 3.77. The smallest absolute Gasteiger partial charge is 0.410 e. The van der Waals surface area contributed by atoms with Crippen molar-refractivity contribution in [1.82, 2.24) is 10.2 Å². The monoisotopic (exact) mass is 364 g/mol. The predicted molar refractivity (Wildman–Crippen MR) is 99.6 cm³/mol. The molecule has 0 saturated carbocycles. The van der Waals surface area contributed by atoms with Gasteiger partial charge in [0, 0.05) is 13.1 Å². The number of hydrogen-bond acceptors (Lipinski definition) is 5. The minimum Gasteiger partial charge on any atom is -0.493 e. The molecule has 0 aliphatic carbocycles. The van der Waals surface area contributed by atoms with E-state index in [0.29, 0.717) is 37.1 Å². The quantitative estimate of drug-likeness (QED) is 0.610. The summed E-state index contributed by atoms with van der Waals surface area (Å²) in [5.74, 6) is 1.66. The van der Waals surface area contributed by atoms with E-state index in [0.717, 1.165) is 5.56 Å². The van der Waals surface area contributed by atoms with Crippen molar-refractivity contribution in [1.29, 1.82) is 0 Å². The van der Waals surface area contributed by atoms with Crippen LogP contribution in [0.3, 0.4) is 0 Å². The second-order valence-corrected chi connectivity index (χ2v) is 7.12. The first-order chi connectivity index (χ1) is 12.2. The molecular formula is C18H28N4O4. The van der Waals surface area contributed by atoms with Crippen LogP contribution in [0.4, 0.5) is 4.79 Å². The fourth-order valence-corrected chi connectivity index (χ4v) is 2.46. The Morgan fingerprint density at radius 2 is 1.92 bits per heavy atom. The van der Waals surface area contributed by atoms with Crippen molar-refractivity contribution in [3.63, 3.8) is 0 Å². The highest BCUT2D eigenvalue weighted by molar-refractivity contribution is 5.79. The Balaban J connectivity index is 1.80. The van der Waals surface area contributed by atoms with Crippen LogP contribution in [0.15, 0.2) is 23.2 Å². The minimum absolute atomic E-state index is 0.0803. The number of rotatable bonds is 5. The van der Waals surface area contributed by atoms with Gasteiger partial charge in [-0.3, -0.25) is 0 Å². The largest absolute Gasteiger partial charge is 0.493 e. The molecule has 1 fully saturated rings. The first-order valence-corrected chi connectivity index (χ1v) is 8.47. The van der Waals surface area contributed by atoms with E-state index in [2.05, 4.69) is 10.3 Å². The van der Waals surface area contributed by atoms with Crippen molar-refractivity contribution < 1.29 is 19.0 Å². The highest BCUT2D eigenvalue weighted by atomic mass is 16.6. The van der Waals surface area contributed by atoms with Crippen molar-refractivity contribution in [2.45, 2.75) is 39.0 Å². The molecule has 1 aliphatic heterocycles. The lowest BCUT2D eigenvalue weighted by molar-refractivity contribution is 0.00706. The molecular weight excluding hydrogens is 336 g/mol. The molecule has 0 radical (unpaired) electrons. The zero-order chi connectivity index (χ0) is 19.3. The normalized spacial score (nSPS) is 15.3. The lowest BCUT2D eigenvalue weighted by Gasteiger charge is -2.40. The first-order valence-electron chi connectivity index (χ1n) is 8.47. The van der Waals surface area contributed by atoms with Gasteiger partial charge in [-0.15, -0.1) is 0 Å². The number of hydrogen-bond donors (Lipinski definition) is 2. The maximum absolute atomic E-state index is 11.9. The zero-order valence-corrected chi connectivity index (χ0v) is 16.0. The van der Waals surface area contributed by atoms with Crippen molar-refractivity contribution >= 4 is 12.1 Å². The molecule has 0 spiro atoms. The number of nitrogens with zero attached hydrogens (tertiary/aromatic N) is 2. The Labute approximate surface area is 154 Å². The average molecular weight is 364 g/mol. The molecule has 0 unspecified atom stereocenters. The van der Waals surface area contributed by atoms with Crippen LogP contribution in [0.5, 0.6) is 11.5 Å². The first kappa shape index (κ1) is 19.7. The number of benzene rings is 1. The van der Waals surface area contributed by atoms with Gasteiger partial charge in [0.2, 0.25) is 0 Å². The Bertz CT molecular complexity index is 664. The Morgan fingerprint density at radius 1 is 1.27 bits per heavy atom. The number of amides is 1. The molecule has 1 saturated heterocycles. The number of methoxy groups -OCH3 is 2. The summed E-state index contributed by atoms with van der Waals surface area (Å²) in [4.78, 5) is 17.8. The molecule has 1 aromatic carbocycles. The molecule has 2 rings (SSSR count). The van der Waals surface area contributed by atoms with E-state index in [1.165, 1.54) is 0 Å². The van der Waals surface area contributed by atoms with Crippen LogP contribution in [0, 0.1) is 0 Å². The number of likely N-dealkylation sites (tertiary alicyclic amines) is 1. The van der Waals surface area contributed by atoms with Crippen molar-refractivity contribution in [2.75, 3.05) is 27.3 Å². The van der Waals surface area contributed by atoms with Crippen LogP contribution in [-0.4, -0.2) is 55.9 Å². The summed E-state index contributed by atoms with van der Waals surface area (Å²) < 4.78 is 15.8. The Hall–Kier alpha value is -2.64. The summed E-state index contributed by atoms with van der Waals surface area (Å²) in [5.41, 5.74) is 6.39. The van der Waals surface area contributed by atoms with E-state index < -0.39 is 5.60 Å². The van der Waals surface area contributed by atoms with Gasteiger partial charge < -0.3 is 30.2 Å². The summed E-state index contributed by atoms with van der Waals surface area (Å²) in [6.45, 7) is 7.04. The third kappa shape index (κ3) is 5.44. The number of carbonyl (C=O) groups excluding carboxylic acids is 1. The molecule has 144 valence electrons. The van der Waals surface area contributed by atoms with E-state index >= 15 is 0 Å². The standard InChI is InChI=1S/C18H28N4O4/c1-18(2,3)26-17(23)22-10-13(11-22)21-16(19)20-9-12-6-7-14(24-4)15(8-12)25-5/h6-8,13H,9-11H2,1-5H3,(H3,19,20,21). The topological polar surface area (TPSA) is 98.4 Å². The highest BCUT2D eigenvalue weighted by Gasteiger charge is 2.33. The van der Waals surface area contributed by atoms with Gasteiger partial charge in [0.15, 0.2) is 17.5 Å². The number of aliphatic imine (C=N–C) groups is 1. The van der Waals surface area contributed by atoms with Crippen LogP contribution in [0.25, 0.3) is 0 Å². The van der Waals surface area contributed by atoms with Crippen molar-refractivity contribution in [2.24, 2.45) is 10.7 Å². The van der Waals surface area contributed by atoms with Gasteiger partial charge in [-0.2, -0.15) is 0 Å². The fourth-order valence-electron chi connectivity index (χ4n) is 2.46. The number of guanidine groups is 1. The van der Waals surface area contributed by atoms with Crippen LogP contribution in [-0.2, 0) is 11.3 Å². The summed E-state index contributed by atoms with van der Waals surface area (Å²) in [7, 11) is 3.19. The van der Waals surface area contributed by atoms with Crippen LogP contribution in [0.2, 0.25) is 0 Å². The lowest BCUT2D eigenvalue weighted by atomic mass is 10.1. The number of nitrogens with one attached hydrogen (secondary N) is 1. The number of carbonyl (C=O) groups is 1. The Morgan fingerprint density at radius 3 is 2.50 bits per heavy atom. The minimum atomic E-state index is -0.491. The maximum Gasteiger partial charge on any atom is 0.410 e. The molecule has 1 heterocycles. The summed E-state index contributed by atoms with van der Waals surface area (Å²) in [5, 5.41) is 3.11. The van der Waals surface area contributed by atoms with E-state index in [-0.39, 0.29) is 12.1 Å². The molecule has 8 nitrogen and oxygen atoms in total. The van der Waals surface area contributed by atoms with Crippen LogP contribution in [0.1, 0.15) is 26.3 Å². The van der Waals surface area contributed by atoms with Gasteiger partial charge >= 0.3 is 6.09 Å². The second kappa shape index (κ2) is 8.16. The van der Waals surface area contributed by atoms with E-state index in [1.54, 1.807) is 19.1 Å². The number of ether oxygens (including phenoxy) is 3. The van der Waals surface area contributed by atoms with Crippen molar-refractivity contribution in [3.8, 4) is 11.5 Å². The maximum atomic E-state index is 11.9. The molecule has 0 atom stereocenters. The molecule has 1 aromatic rings. The summed E-state index contributed by atoms with van der Waals surface area (Å²) in [6, 6.07) is 5.68. The third-order valence-corrected chi connectivity index (χ3v) is 3.77. The van der Waals surface area contributed by atoms with E-state index in [9.17, 15) is 4.79 Å². The van der Waals surface area contributed by atoms with Gasteiger partial charge in [-0.05, 0) is 38.5 Å². The molecule has 0 bridgehead atoms. The van der Waals surface area contributed by atoms with Gasteiger partial charge in [0.05, 0.1) is 26.8 Å². The van der Waals surface area contributed by atoms with E-state index in [1.807, 2.05) is 39.0 Å². The van der Waals surface area contributed by atoms with Crippen molar-refractivity contribution in [3.05, 3.63) is 23.8 Å². The van der Waals surface area contributed by atoms with E-state index in [4.69, 9.17) is 19.9 Å². The highest BCUT2D eigenvalue weighted by Crippen LogP contribution is 2.27.